The van der Waals surface area contributed by atoms with E-state index < -0.39 is 0 Å². The highest BCUT2D eigenvalue weighted by atomic mass is 127. The van der Waals surface area contributed by atoms with Crippen molar-refractivity contribution in [2.24, 2.45) is 0 Å². The van der Waals surface area contributed by atoms with Crippen LogP contribution in [0.4, 0.5) is 11.4 Å². The summed E-state index contributed by atoms with van der Waals surface area (Å²) in [4.78, 5) is 2.55. The van der Waals surface area contributed by atoms with Crippen molar-refractivity contribution < 1.29 is 28.6 Å². The Bertz CT molecular complexity index is 1160. The zero-order valence-electron chi connectivity index (χ0n) is 21.4. The predicted molar refractivity (Wildman–Crippen MR) is 145 cm³/mol. The van der Waals surface area contributed by atoms with Gasteiger partial charge in [-0.1, -0.05) is 63.1 Å². The molecule has 3 aromatic carbocycles. The van der Waals surface area contributed by atoms with Gasteiger partial charge in [-0.05, 0) is 67.3 Å². The first kappa shape index (κ1) is 26.5. The molecule has 0 spiro atoms. The monoisotopic (exact) mass is 566 g/mol. The van der Waals surface area contributed by atoms with Crippen LogP contribution in [0.2, 0.25) is 0 Å². The maximum absolute atomic E-state index is 2.55. The first-order valence-corrected chi connectivity index (χ1v) is 12.6. The van der Waals surface area contributed by atoms with E-state index in [0.29, 0.717) is 0 Å². The first-order valence-electron chi connectivity index (χ1n) is 12.6. The van der Waals surface area contributed by atoms with Crippen LogP contribution >= 0.6 is 0 Å². The van der Waals surface area contributed by atoms with Crippen molar-refractivity contribution in [1.29, 1.82) is 0 Å². The minimum atomic E-state index is -0.0432. The summed E-state index contributed by atoms with van der Waals surface area (Å²) < 4.78 is 2.36. The molecular weight excluding hydrogens is 527 g/mol. The third-order valence-electron chi connectivity index (χ3n) is 7.15. The van der Waals surface area contributed by atoms with Crippen molar-refractivity contribution in [3.8, 4) is 0 Å². The van der Waals surface area contributed by atoms with Crippen LogP contribution in [0.1, 0.15) is 64.5 Å². The van der Waals surface area contributed by atoms with Crippen LogP contribution < -0.4 is 28.9 Å². The van der Waals surface area contributed by atoms with E-state index in [1.807, 2.05) is 0 Å². The van der Waals surface area contributed by atoms with Crippen molar-refractivity contribution >= 4 is 33.9 Å². The average Bonchev–Trinajstić information content (AvgIpc) is 3.03. The summed E-state index contributed by atoms with van der Waals surface area (Å²) in [5.41, 5.74) is 6.64. The van der Waals surface area contributed by atoms with E-state index in [1.165, 1.54) is 64.7 Å². The predicted octanol–water partition coefficient (Wildman–Crippen LogP) is 4.97. The van der Waals surface area contributed by atoms with Gasteiger partial charge in [0.25, 0.3) is 0 Å². The molecule has 2 nitrogen and oxygen atoms in total. The van der Waals surface area contributed by atoms with Gasteiger partial charge >= 0.3 is 0 Å². The van der Waals surface area contributed by atoms with Gasteiger partial charge in [-0.2, -0.15) is 4.58 Å². The Morgan fingerprint density at radius 3 is 2.12 bits per heavy atom. The minimum Gasteiger partial charge on any atom is -1.00 e. The quantitative estimate of drug-likeness (QED) is 0.262. The van der Waals surface area contributed by atoms with Gasteiger partial charge in [-0.3, -0.25) is 0 Å². The number of hydrogen-bond donors (Lipinski definition) is 0. The number of allylic oxidation sites excluding steroid dienone is 1. The third kappa shape index (κ3) is 5.25. The molecule has 4 rings (SSSR count). The summed E-state index contributed by atoms with van der Waals surface area (Å²) in [7, 11) is 2.20. The summed E-state index contributed by atoms with van der Waals surface area (Å²) in [6, 6.07) is 22.4. The molecule has 180 valence electrons. The molecular formula is C31H39IN2. The molecule has 0 N–H and O–H groups in total. The largest absolute Gasteiger partial charge is 1.00 e. The molecule has 0 fully saturated rings. The second-order valence-corrected chi connectivity index (χ2v) is 9.87. The van der Waals surface area contributed by atoms with E-state index in [4.69, 9.17) is 0 Å². The lowest BCUT2D eigenvalue weighted by atomic mass is 9.79. The third-order valence-corrected chi connectivity index (χ3v) is 7.15. The summed E-state index contributed by atoms with van der Waals surface area (Å²) in [5.74, 6) is 0. The molecule has 1 aliphatic rings. The zero-order valence-corrected chi connectivity index (χ0v) is 23.6. The Balaban J connectivity index is 0.00000324. The van der Waals surface area contributed by atoms with Crippen LogP contribution in [0.25, 0.3) is 16.8 Å². The standard InChI is InChI=1S/C31H39N2.HI/c1-6-8-22-33(23-9-7-2)26-18-14-24(15-19-26)16-21-29-31(3,4)30-27-13-11-10-12-25(27)17-20-28(30)32(29)5;/h10-21H,6-9,22-23H2,1-5H3;1H/q+1;/p-1. The van der Waals surface area contributed by atoms with Crippen LogP contribution in [-0.4, -0.2) is 30.4 Å². The number of halogens is 1. The lowest BCUT2D eigenvalue weighted by molar-refractivity contribution is -0.401. The van der Waals surface area contributed by atoms with E-state index in [-0.39, 0.29) is 29.4 Å². The van der Waals surface area contributed by atoms with Gasteiger partial charge in [0.1, 0.15) is 7.05 Å². The van der Waals surface area contributed by atoms with Crippen LogP contribution in [0.5, 0.6) is 0 Å². The van der Waals surface area contributed by atoms with Gasteiger partial charge in [-0.25, -0.2) is 0 Å². The average molecular weight is 567 g/mol. The number of anilines is 1. The van der Waals surface area contributed by atoms with Crippen LogP contribution in [0.3, 0.4) is 0 Å². The van der Waals surface area contributed by atoms with E-state index in [9.17, 15) is 0 Å². The van der Waals surface area contributed by atoms with Crippen molar-refractivity contribution in [2.45, 2.75) is 58.8 Å². The van der Waals surface area contributed by atoms with Gasteiger partial charge in [0.2, 0.25) is 5.69 Å². The Kier molecular flexibility index (Phi) is 8.97. The maximum atomic E-state index is 2.55. The first-order chi connectivity index (χ1) is 16.0. The molecule has 0 aromatic heterocycles. The normalized spacial score (nSPS) is 14.5. The molecule has 0 saturated carbocycles. The number of benzene rings is 3. The molecule has 0 radical (unpaired) electrons. The van der Waals surface area contributed by atoms with Gasteiger partial charge in [-0.15, -0.1) is 0 Å². The van der Waals surface area contributed by atoms with Crippen molar-refractivity contribution in [2.75, 3.05) is 25.0 Å². The van der Waals surface area contributed by atoms with E-state index in [0.717, 1.165) is 13.1 Å². The number of fused-ring (bicyclic) bond motifs is 3. The highest BCUT2D eigenvalue weighted by Crippen LogP contribution is 2.43. The Labute approximate surface area is 223 Å². The van der Waals surface area contributed by atoms with Crippen molar-refractivity contribution in [1.82, 2.24) is 0 Å². The van der Waals surface area contributed by atoms with E-state index in [1.54, 1.807) is 0 Å². The number of hydrogen-bond acceptors (Lipinski definition) is 1. The number of unbranched alkanes of at least 4 members (excludes halogenated alkanes) is 2. The minimum absolute atomic E-state index is 0. The SMILES string of the molecule is CCCCN(CCCC)c1ccc(C=CC2=[N+](C)c3ccc4ccccc4c3C2(C)C)cc1.[I-]. The Hall–Kier alpha value is -2.14. The van der Waals surface area contributed by atoms with Crippen LogP contribution in [0, 0.1) is 0 Å². The van der Waals surface area contributed by atoms with E-state index >= 15 is 0 Å². The lowest BCUT2D eigenvalue weighted by Gasteiger charge is -2.24. The zero-order chi connectivity index (χ0) is 23.4. The second kappa shape index (κ2) is 11.5. The highest BCUT2D eigenvalue weighted by molar-refractivity contribution is 6.09. The lowest BCUT2D eigenvalue weighted by Crippen LogP contribution is -3.00. The summed E-state index contributed by atoms with van der Waals surface area (Å²) in [6.07, 6.45) is 9.57. The van der Waals surface area contributed by atoms with Gasteiger partial charge < -0.3 is 28.9 Å². The molecule has 0 atom stereocenters. The fourth-order valence-corrected chi connectivity index (χ4v) is 5.23. The van der Waals surface area contributed by atoms with Gasteiger partial charge in [0.15, 0.2) is 5.71 Å². The molecule has 0 saturated heterocycles. The Morgan fingerprint density at radius 2 is 1.47 bits per heavy atom. The molecule has 1 heterocycles. The number of nitrogens with zero attached hydrogens (tertiary/aromatic N) is 2. The summed E-state index contributed by atoms with van der Waals surface area (Å²) in [5, 5.41) is 2.67. The summed E-state index contributed by atoms with van der Waals surface area (Å²) >= 11 is 0. The summed E-state index contributed by atoms with van der Waals surface area (Å²) in [6.45, 7) is 11.5. The molecule has 0 bridgehead atoms. The fraction of sp³-hybridized carbons (Fsp3) is 0.387. The molecule has 3 aromatic rings. The maximum Gasteiger partial charge on any atom is 0.210 e. The smallest absolute Gasteiger partial charge is 0.210 e. The highest BCUT2D eigenvalue weighted by Gasteiger charge is 2.44. The Morgan fingerprint density at radius 1 is 0.824 bits per heavy atom. The van der Waals surface area contributed by atoms with Gasteiger partial charge in [0, 0.05) is 36.5 Å². The van der Waals surface area contributed by atoms with Gasteiger partial charge in [0.05, 0.1) is 5.41 Å². The van der Waals surface area contributed by atoms with E-state index in [2.05, 4.69) is 117 Å². The topological polar surface area (TPSA) is 6.25 Å². The fourth-order valence-electron chi connectivity index (χ4n) is 5.23. The molecule has 34 heavy (non-hydrogen) atoms. The van der Waals surface area contributed by atoms with Crippen LogP contribution in [-0.2, 0) is 5.41 Å². The molecule has 0 unspecified atom stereocenters. The van der Waals surface area contributed by atoms with Crippen LogP contribution in [0.15, 0.2) is 66.7 Å². The molecule has 3 heteroatoms. The molecule has 0 amide bonds. The van der Waals surface area contributed by atoms with Crippen molar-refractivity contribution in [3.05, 3.63) is 77.9 Å². The second-order valence-electron chi connectivity index (χ2n) is 9.87. The number of rotatable bonds is 9. The molecule has 0 aliphatic carbocycles. The van der Waals surface area contributed by atoms with Crippen molar-refractivity contribution in [3.63, 3.8) is 0 Å². The molecule has 1 aliphatic heterocycles.